The van der Waals surface area contributed by atoms with Crippen LogP contribution in [0.25, 0.3) is 0 Å². The summed E-state index contributed by atoms with van der Waals surface area (Å²) in [6.45, 7) is 6.86. The Hall–Kier alpha value is -0.450. The summed E-state index contributed by atoms with van der Waals surface area (Å²) in [6.07, 6.45) is 4.07. The molecule has 3 heterocycles. The molecule has 0 aliphatic carbocycles. The molecule has 3 nitrogen and oxygen atoms in total. The SMILES string of the molecule is Cc1csc(CN2CCC3NCCCC3C2)n1. The predicted octanol–water partition coefficient (Wildman–Crippen LogP) is 2.03. The number of aromatic nitrogens is 1. The van der Waals surface area contributed by atoms with Gasteiger partial charge in [-0.25, -0.2) is 4.98 Å². The van der Waals surface area contributed by atoms with E-state index >= 15 is 0 Å². The van der Waals surface area contributed by atoms with Crippen molar-refractivity contribution in [2.75, 3.05) is 19.6 Å². The number of nitrogens with one attached hydrogen (secondary N) is 1. The van der Waals surface area contributed by atoms with Crippen LogP contribution in [0.5, 0.6) is 0 Å². The first-order chi connectivity index (χ1) is 8.31. The monoisotopic (exact) mass is 251 g/mol. The zero-order chi connectivity index (χ0) is 11.7. The van der Waals surface area contributed by atoms with Gasteiger partial charge in [-0.2, -0.15) is 0 Å². The first-order valence-corrected chi connectivity index (χ1v) is 7.56. The average molecular weight is 251 g/mol. The molecule has 2 atom stereocenters. The zero-order valence-corrected chi connectivity index (χ0v) is 11.3. The Morgan fingerprint density at radius 3 is 3.29 bits per heavy atom. The highest BCUT2D eigenvalue weighted by Gasteiger charge is 2.30. The highest BCUT2D eigenvalue weighted by Crippen LogP contribution is 2.26. The van der Waals surface area contributed by atoms with Gasteiger partial charge in [-0.3, -0.25) is 4.90 Å². The van der Waals surface area contributed by atoms with Crippen LogP contribution in [0.4, 0.5) is 0 Å². The summed E-state index contributed by atoms with van der Waals surface area (Å²) in [5.74, 6) is 0.874. The number of aryl methyl sites for hydroxylation is 1. The summed E-state index contributed by atoms with van der Waals surface area (Å²) in [5.41, 5.74) is 1.17. The Bertz CT molecular complexity index is 376. The minimum absolute atomic E-state index is 0.790. The first kappa shape index (κ1) is 11.6. The van der Waals surface area contributed by atoms with E-state index in [0.717, 1.165) is 18.5 Å². The minimum atomic E-state index is 0.790. The van der Waals surface area contributed by atoms with Gasteiger partial charge in [-0.05, 0) is 38.6 Å². The van der Waals surface area contributed by atoms with Crippen molar-refractivity contribution in [1.29, 1.82) is 0 Å². The molecule has 0 saturated carbocycles. The van der Waals surface area contributed by atoms with Crippen LogP contribution in [0, 0.1) is 12.8 Å². The lowest BCUT2D eigenvalue weighted by atomic mass is 9.85. The van der Waals surface area contributed by atoms with Gasteiger partial charge in [-0.1, -0.05) is 0 Å². The molecule has 17 heavy (non-hydrogen) atoms. The maximum absolute atomic E-state index is 4.57. The molecule has 3 rings (SSSR count). The van der Waals surface area contributed by atoms with E-state index in [4.69, 9.17) is 0 Å². The van der Waals surface area contributed by atoms with Crippen LogP contribution in [0.3, 0.4) is 0 Å². The van der Waals surface area contributed by atoms with Gasteiger partial charge >= 0.3 is 0 Å². The van der Waals surface area contributed by atoms with Crippen molar-refractivity contribution >= 4 is 11.3 Å². The fourth-order valence-corrected chi connectivity index (χ4v) is 3.94. The topological polar surface area (TPSA) is 28.2 Å². The van der Waals surface area contributed by atoms with Crippen molar-refractivity contribution in [1.82, 2.24) is 15.2 Å². The molecular weight excluding hydrogens is 230 g/mol. The second-order valence-corrected chi connectivity index (χ2v) is 6.31. The molecule has 1 aromatic heterocycles. The van der Waals surface area contributed by atoms with Crippen molar-refractivity contribution in [3.63, 3.8) is 0 Å². The highest BCUT2D eigenvalue weighted by atomic mass is 32.1. The number of hydrogen-bond donors (Lipinski definition) is 1. The Morgan fingerprint density at radius 2 is 2.47 bits per heavy atom. The third-order valence-electron chi connectivity index (χ3n) is 4.00. The molecule has 0 amide bonds. The summed E-state index contributed by atoms with van der Waals surface area (Å²) < 4.78 is 0. The fourth-order valence-electron chi connectivity index (χ4n) is 3.13. The largest absolute Gasteiger partial charge is 0.314 e. The molecule has 4 heteroatoms. The molecule has 2 saturated heterocycles. The van der Waals surface area contributed by atoms with E-state index in [1.165, 1.54) is 49.6 Å². The minimum Gasteiger partial charge on any atom is -0.314 e. The Labute approximate surface area is 107 Å². The molecule has 0 bridgehead atoms. The number of fused-ring (bicyclic) bond motifs is 1. The quantitative estimate of drug-likeness (QED) is 0.871. The maximum atomic E-state index is 4.57. The molecule has 2 unspecified atom stereocenters. The van der Waals surface area contributed by atoms with E-state index in [9.17, 15) is 0 Å². The smallest absolute Gasteiger partial charge is 0.107 e. The second-order valence-electron chi connectivity index (χ2n) is 5.37. The highest BCUT2D eigenvalue weighted by molar-refractivity contribution is 7.09. The molecule has 0 spiro atoms. The van der Waals surface area contributed by atoms with Gasteiger partial charge in [0.15, 0.2) is 0 Å². The normalized spacial score (nSPS) is 30.2. The molecule has 0 aromatic carbocycles. The molecule has 94 valence electrons. The number of rotatable bonds is 2. The number of hydrogen-bond acceptors (Lipinski definition) is 4. The van der Waals surface area contributed by atoms with Crippen molar-refractivity contribution in [3.8, 4) is 0 Å². The molecule has 1 N–H and O–H groups in total. The van der Waals surface area contributed by atoms with Crippen LogP contribution >= 0.6 is 11.3 Å². The number of nitrogens with zero attached hydrogens (tertiary/aromatic N) is 2. The van der Waals surface area contributed by atoms with Crippen molar-refractivity contribution in [2.24, 2.45) is 5.92 Å². The number of piperidine rings is 2. The summed E-state index contributed by atoms with van der Waals surface area (Å²) in [7, 11) is 0. The van der Waals surface area contributed by atoms with Crippen molar-refractivity contribution in [2.45, 2.75) is 38.8 Å². The molecular formula is C13H21N3S. The number of thiazole rings is 1. The van der Waals surface area contributed by atoms with Gasteiger partial charge in [0.1, 0.15) is 5.01 Å². The molecule has 1 aromatic rings. The van der Waals surface area contributed by atoms with Gasteiger partial charge in [0.05, 0.1) is 6.54 Å². The fraction of sp³-hybridized carbons (Fsp3) is 0.769. The first-order valence-electron chi connectivity index (χ1n) is 6.68. The standard InChI is InChI=1S/C13H21N3S/c1-10-9-17-13(15-10)8-16-6-4-12-11(7-16)3-2-5-14-12/h9,11-12,14H,2-8H2,1H3. The van der Waals surface area contributed by atoms with Crippen LogP contribution in [-0.2, 0) is 6.54 Å². The average Bonchev–Trinajstić information content (AvgIpc) is 2.75. The van der Waals surface area contributed by atoms with Crippen molar-refractivity contribution in [3.05, 3.63) is 16.1 Å². The third kappa shape index (κ3) is 2.69. The summed E-state index contributed by atoms with van der Waals surface area (Å²) in [6, 6.07) is 0.790. The van der Waals surface area contributed by atoms with Gasteiger partial charge in [0, 0.05) is 30.2 Å². The lowest BCUT2D eigenvalue weighted by molar-refractivity contribution is 0.109. The summed E-state index contributed by atoms with van der Waals surface area (Å²) in [5, 5.41) is 7.11. The molecule has 2 aliphatic heterocycles. The molecule has 2 aliphatic rings. The van der Waals surface area contributed by atoms with E-state index in [0.29, 0.717) is 0 Å². The van der Waals surface area contributed by atoms with E-state index in [1.54, 1.807) is 11.3 Å². The van der Waals surface area contributed by atoms with E-state index < -0.39 is 0 Å². The van der Waals surface area contributed by atoms with E-state index in [1.807, 2.05) is 0 Å². The van der Waals surface area contributed by atoms with Crippen LogP contribution in [0.15, 0.2) is 5.38 Å². The van der Waals surface area contributed by atoms with E-state index in [2.05, 4.69) is 27.5 Å². The van der Waals surface area contributed by atoms with Crippen molar-refractivity contribution < 1.29 is 0 Å². The Morgan fingerprint density at radius 1 is 1.53 bits per heavy atom. The Kier molecular flexibility index (Phi) is 3.45. The lowest BCUT2D eigenvalue weighted by Gasteiger charge is -2.41. The van der Waals surface area contributed by atoms with Gasteiger partial charge < -0.3 is 5.32 Å². The van der Waals surface area contributed by atoms with Crippen LogP contribution in [0.1, 0.15) is 30.0 Å². The van der Waals surface area contributed by atoms with E-state index in [-0.39, 0.29) is 0 Å². The lowest BCUT2D eigenvalue weighted by Crippen LogP contribution is -2.51. The van der Waals surface area contributed by atoms with Gasteiger partial charge in [-0.15, -0.1) is 11.3 Å². The summed E-state index contributed by atoms with van der Waals surface area (Å²) >= 11 is 1.80. The van der Waals surface area contributed by atoms with Gasteiger partial charge in [0.25, 0.3) is 0 Å². The maximum Gasteiger partial charge on any atom is 0.107 e. The second kappa shape index (κ2) is 5.04. The van der Waals surface area contributed by atoms with Crippen LogP contribution < -0.4 is 5.32 Å². The number of likely N-dealkylation sites (tertiary alicyclic amines) is 1. The molecule has 2 fully saturated rings. The summed E-state index contributed by atoms with van der Waals surface area (Å²) in [4.78, 5) is 7.16. The van der Waals surface area contributed by atoms with Crippen LogP contribution in [-0.4, -0.2) is 35.6 Å². The molecule has 0 radical (unpaired) electrons. The van der Waals surface area contributed by atoms with Crippen LogP contribution in [0.2, 0.25) is 0 Å². The van der Waals surface area contributed by atoms with Gasteiger partial charge in [0.2, 0.25) is 0 Å². The predicted molar refractivity (Wildman–Crippen MR) is 71.3 cm³/mol. The zero-order valence-electron chi connectivity index (χ0n) is 10.5. The third-order valence-corrected chi connectivity index (χ3v) is 4.95. The Balaban J connectivity index is 1.58.